The Morgan fingerprint density at radius 2 is 1.30 bits per heavy atom. The van der Waals surface area contributed by atoms with Gasteiger partial charge in [-0.25, -0.2) is 0 Å². The Hall–Kier alpha value is -0.640. The highest BCUT2D eigenvalue weighted by Gasteiger charge is 1.96. The molecule has 0 saturated carbocycles. The van der Waals surface area contributed by atoms with Crippen molar-refractivity contribution in [3.05, 3.63) is 24.3 Å². The van der Waals surface area contributed by atoms with E-state index in [9.17, 15) is 5.11 Å². The Morgan fingerprint density at radius 3 is 2.00 bits per heavy atom. The summed E-state index contributed by atoms with van der Waals surface area (Å²) in [5.41, 5.74) is 0. The summed E-state index contributed by atoms with van der Waals surface area (Å²) in [5, 5.41) is 26.9. The van der Waals surface area contributed by atoms with E-state index in [0.29, 0.717) is 6.61 Å². The van der Waals surface area contributed by atoms with Crippen LogP contribution in [0.25, 0.3) is 0 Å². The van der Waals surface area contributed by atoms with Crippen LogP contribution in [0.1, 0.15) is 64.2 Å². The van der Waals surface area contributed by atoms with Crippen LogP contribution in [0.2, 0.25) is 0 Å². The summed E-state index contributed by atoms with van der Waals surface area (Å²) >= 11 is 0. The smallest absolute Gasteiger partial charge is 0.0724 e. The Labute approximate surface area is 124 Å². The van der Waals surface area contributed by atoms with E-state index in [1.54, 1.807) is 0 Å². The largest absolute Gasteiger partial charge is 0.396 e. The van der Waals surface area contributed by atoms with E-state index in [1.165, 1.54) is 25.7 Å². The first-order chi connectivity index (χ1) is 9.81. The molecule has 0 amide bonds. The maximum atomic E-state index is 9.60. The molecule has 0 spiro atoms. The van der Waals surface area contributed by atoms with Gasteiger partial charge < -0.3 is 15.3 Å². The minimum absolute atomic E-state index is 0.205. The van der Waals surface area contributed by atoms with Crippen LogP contribution in [0.5, 0.6) is 0 Å². The molecule has 0 fully saturated rings. The van der Waals surface area contributed by atoms with Crippen LogP contribution in [0.3, 0.4) is 0 Å². The first kappa shape index (κ1) is 19.4. The van der Waals surface area contributed by atoms with Crippen molar-refractivity contribution in [2.24, 2.45) is 0 Å². The highest BCUT2D eigenvalue weighted by Crippen LogP contribution is 2.07. The zero-order chi connectivity index (χ0) is 14.9. The van der Waals surface area contributed by atoms with E-state index in [1.807, 2.05) is 18.2 Å². The number of aliphatic hydroxyl groups is 3. The van der Waals surface area contributed by atoms with E-state index in [4.69, 9.17) is 10.2 Å². The van der Waals surface area contributed by atoms with Gasteiger partial charge in [-0.3, -0.25) is 0 Å². The zero-order valence-electron chi connectivity index (χ0n) is 12.7. The Bertz CT molecular complexity index is 236. The van der Waals surface area contributed by atoms with Crippen molar-refractivity contribution in [1.29, 1.82) is 0 Å². The number of aliphatic hydroxyl groups excluding tert-OH is 3. The molecule has 3 N–H and O–H groups in total. The Kier molecular flexibility index (Phi) is 15.9. The fourth-order valence-corrected chi connectivity index (χ4v) is 2.01. The number of rotatable bonds is 14. The fraction of sp³-hybridized carbons (Fsp3) is 0.765. The van der Waals surface area contributed by atoms with Crippen molar-refractivity contribution < 1.29 is 15.3 Å². The molecule has 3 nitrogen and oxygen atoms in total. The monoisotopic (exact) mass is 284 g/mol. The summed E-state index contributed by atoms with van der Waals surface area (Å²) in [6.07, 6.45) is 17.9. The highest BCUT2D eigenvalue weighted by molar-refractivity contribution is 5.04. The number of allylic oxidation sites excluding steroid dienone is 3. The molecule has 0 unspecified atom stereocenters. The van der Waals surface area contributed by atoms with Gasteiger partial charge in [0.15, 0.2) is 0 Å². The van der Waals surface area contributed by atoms with Crippen LogP contribution in [-0.2, 0) is 0 Å². The van der Waals surface area contributed by atoms with Crippen LogP contribution in [0.15, 0.2) is 24.3 Å². The molecule has 0 aliphatic carbocycles. The predicted molar refractivity (Wildman–Crippen MR) is 84.6 cm³/mol. The second-order valence-electron chi connectivity index (χ2n) is 5.23. The van der Waals surface area contributed by atoms with E-state index in [2.05, 4.69) is 6.08 Å². The molecule has 0 rings (SSSR count). The second-order valence-corrected chi connectivity index (χ2v) is 5.23. The number of hydrogen-bond acceptors (Lipinski definition) is 3. The molecule has 20 heavy (non-hydrogen) atoms. The molecule has 0 radical (unpaired) electrons. The standard InChI is InChI=1S/C17H32O3/c18-15-11-8-6-4-2-1-3-5-7-9-13-17(20)14-10-12-16-19/h5,7,9,13,17-20H,1-4,6,8,10-12,14-16H2/b7-5-,13-9+/t17-/m1/s1. The summed E-state index contributed by atoms with van der Waals surface area (Å²) < 4.78 is 0. The molecule has 1 atom stereocenters. The van der Waals surface area contributed by atoms with Gasteiger partial charge in [0.25, 0.3) is 0 Å². The molecule has 3 heteroatoms. The highest BCUT2D eigenvalue weighted by atomic mass is 16.3. The van der Waals surface area contributed by atoms with Gasteiger partial charge in [0.2, 0.25) is 0 Å². The molecule has 118 valence electrons. The van der Waals surface area contributed by atoms with Gasteiger partial charge in [0.05, 0.1) is 6.10 Å². The lowest BCUT2D eigenvalue weighted by Crippen LogP contribution is -2.01. The molecule has 0 bridgehead atoms. The molecule has 0 aromatic rings. The van der Waals surface area contributed by atoms with Gasteiger partial charge in [-0.1, -0.05) is 50.0 Å². The SMILES string of the molecule is OCCCCCCCC/C=C\C=C\[C@@H](O)CCCCO. The first-order valence-corrected chi connectivity index (χ1v) is 8.04. The second kappa shape index (κ2) is 16.4. The molecular formula is C17H32O3. The van der Waals surface area contributed by atoms with Crippen molar-refractivity contribution in [3.8, 4) is 0 Å². The van der Waals surface area contributed by atoms with E-state index >= 15 is 0 Å². The normalized spacial score (nSPS) is 13.6. The van der Waals surface area contributed by atoms with Gasteiger partial charge >= 0.3 is 0 Å². The van der Waals surface area contributed by atoms with Crippen LogP contribution in [0.4, 0.5) is 0 Å². The fourth-order valence-electron chi connectivity index (χ4n) is 2.01. The Balaban J connectivity index is 3.33. The van der Waals surface area contributed by atoms with Crippen LogP contribution in [-0.4, -0.2) is 34.6 Å². The maximum Gasteiger partial charge on any atom is 0.0724 e. The summed E-state index contributed by atoms with van der Waals surface area (Å²) in [6, 6.07) is 0. The van der Waals surface area contributed by atoms with Crippen molar-refractivity contribution in [1.82, 2.24) is 0 Å². The quantitative estimate of drug-likeness (QED) is 0.339. The first-order valence-electron chi connectivity index (χ1n) is 8.04. The lowest BCUT2D eigenvalue weighted by atomic mass is 10.1. The lowest BCUT2D eigenvalue weighted by molar-refractivity contribution is 0.201. The number of hydrogen-bond donors (Lipinski definition) is 3. The summed E-state index contributed by atoms with van der Waals surface area (Å²) in [6.45, 7) is 0.525. The van der Waals surface area contributed by atoms with E-state index < -0.39 is 6.10 Å². The van der Waals surface area contributed by atoms with Crippen molar-refractivity contribution in [3.63, 3.8) is 0 Å². The van der Waals surface area contributed by atoms with Gasteiger partial charge in [-0.2, -0.15) is 0 Å². The summed E-state index contributed by atoms with van der Waals surface area (Å²) in [4.78, 5) is 0. The van der Waals surface area contributed by atoms with Crippen molar-refractivity contribution >= 4 is 0 Å². The van der Waals surface area contributed by atoms with Crippen molar-refractivity contribution in [2.45, 2.75) is 70.3 Å². The van der Waals surface area contributed by atoms with Gasteiger partial charge in [-0.15, -0.1) is 0 Å². The van der Waals surface area contributed by atoms with Crippen molar-refractivity contribution in [2.75, 3.05) is 13.2 Å². The zero-order valence-corrected chi connectivity index (χ0v) is 12.7. The number of unbranched alkanes of at least 4 members (excludes halogenated alkanes) is 7. The maximum absolute atomic E-state index is 9.60. The average Bonchev–Trinajstić information content (AvgIpc) is 2.45. The molecule has 0 aliphatic rings. The molecule has 0 aliphatic heterocycles. The molecule has 0 aromatic heterocycles. The topological polar surface area (TPSA) is 60.7 Å². The predicted octanol–water partition coefficient (Wildman–Crippen LogP) is 3.35. The third-order valence-corrected chi connectivity index (χ3v) is 3.27. The van der Waals surface area contributed by atoms with Crippen LogP contribution in [0, 0.1) is 0 Å². The Morgan fingerprint density at radius 1 is 0.700 bits per heavy atom. The molecule has 0 saturated heterocycles. The van der Waals surface area contributed by atoms with Crippen LogP contribution < -0.4 is 0 Å². The van der Waals surface area contributed by atoms with Gasteiger partial charge in [-0.05, 0) is 38.5 Å². The summed E-state index contributed by atoms with van der Waals surface area (Å²) in [7, 11) is 0. The third-order valence-electron chi connectivity index (χ3n) is 3.27. The average molecular weight is 284 g/mol. The van der Waals surface area contributed by atoms with Gasteiger partial charge in [0, 0.05) is 13.2 Å². The molecule has 0 heterocycles. The van der Waals surface area contributed by atoms with Crippen LogP contribution >= 0.6 is 0 Å². The minimum Gasteiger partial charge on any atom is -0.396 e. The van der Waals surface area contributed by atoms with Gasteiger partial charge in [0.1, 0.15) is 0 Å². The minimum atomic E-state index is -0.391. The molecule has 0 aromatic carbocycles. The summed E-state index contributed by atoms with van der Waals surface area (Å²) in [5.74, 6) is 0. The third kappa shape index (κ3) is 15.4. The lowest BCUT2D eigenvalue weighted by Gasteiger charge is -2.02. The molecular weight excluding hydrogens is 252 g/mol. The van der Waals surface area contributed by atoms with E-state index in [0.717, 1.165) is 38.5 Å². The van der Waals surface area contributed by atoms with E-state index in [-0.39, 0.29) is 6.61 Å².